The third-order valence-electron chi connectivity index (χ3n) is 3.29. The van der Waals surface area contributed by atoms with Gasteiger partial charge in [-0.15, -0.1) is 0 Å². The summed E-state index contributed by atoms with van der Waals surface area (Å²) < 4.78 is 27.4. The van der Waals surface area contributed by atoms with Crippen molar-refractivity contribution in [3.8, 4) is 0 Å². The molecule has 0 aliphatic rings. The Balaban J connectivity index is 2.36. The number of carboxylic acid groups (broad SMARTS) is 1. The van der Waals surface area contributed by atoms with E-state index in [4.69, 9.17) is 16.7 Å². The predicted molar refractivity (Wildman–Crippen MR) is 87.9 cm³/mol. The number of carbonyl (C=O) groups is 1. The Kier molecular flexibility index (Phi) is 5.41. The first-order valence-corrected chi connectivity index (χ1v) is 8.71. The number of benzene rings is 2. The standard InChI is InChI=1S/C16H16ClNO4S/c1-11-6-8-12(9-7-11)23(21,22)18-15(10-16(19)20)13-4-2-3-5-14(13)17/h2-9,15,18H,10H2,1H3,(H,19,20)/t15-/m1/s1. The maximum absolute atomic E-state index is 12.5. The smallest absolute Gasteiger partial charge is 0.305 e. The number of hydrogen-bond donors (Lipinski definition) is 2. The summed E-state index contributed by atoms with van der Waals surface area (Å²) in [5.74, 6) is -1.12. The van der Waals surface area contributed by atoms with Crippen molar-refractivity contribution in [1.29, 1.82) is 0 Å². The summed E-state index contributed by atoms with van der Waals surface area (Å²) in [6, 6.07) is 11.9. The Hall–Kier alpha value is -1.89. The lowest BCUT2D eigenvalue weighted by Gasteiger charge is -2.18. The molecule has 7 heteroatoms. The number of halogens is 1. The van der Waals surface area contributed by atoms with Crippen LogP contribution < -0.4 is 4.72 Å². The van der Waals surface area contributed by atoms with Crippen LogP contribution in [0.2, 0.25) is 5.02 Å². The van der Waals surface area contributed by atoms with Crippen LogP contribution in [0.1, 0.15) is 23.6 Å². The zero-order chi connectivity index (χ0) is 17.0. The molecule has 2 aromatic rings. The van der Waals surface area contributed by atoms with Gasteiger partial charge in [0.25, 0.3) is 0 Å². The zero-order valence-corrected chi connectivity index (χ0v) is 13.9. The molecule has 0 aliphatic heterocycles. The van der Waals surface area contributed by atoms with Crippen LogP contribution in [0.5, 0.6) is 0 Å². The summed E-state index contributed by atoms with van der Waals surface area (Å²) in [7, 11) is -3.86. The van der Waals surface area contributed by atoms with Gasteiger partial charge in [-0.2, -0.15) is 0 Å². The van der Waals surface area contributed by atoms with Gasteiger partial charge >= 0.3 is 5.97 Å². The van der Waals surface area contributed by atoms with Crippen LogP contribution in [0, 0.1) is 6.92 Å². The molecule has 0 bridgehead atoms. The van der Waals surface area contributed by atoms with Crippen LogP contribution in [-0.2, 0) is 14.8 Å². The normalized spacial score (nSPS) is 12.8. The van der Waals surface area contributed by atoms with Gasteiger partial charge in [-0.1, -0.05) is 47.5 Å². The van der Waals surface area contributed by atoms with E-state index in [9.17, 15) is 13.2 Å². The van der Waals surface area contributed by atoms with E-state index in [1.807, 2.05) is 6.92 Å². The highest BCUT2D eigenvalue weighted by Crippen LogP contribution is 2.27. The lowest BCUT2D eigenvalue weighted by Crippen LogP contribution is -2.30. The molecule has 2 rings (SSSR count). The summed E-state index contributed by atoms with van der Waals surface area (Å²) >= 11 is 6.07. The molecule has 0 fully saturated rings. The lowest BCUT2D eigenvalue weighted by atomic mass is 10.1. The number of aliphatic carboxylic acids is 1. The van der Waals surface area contributed by atoms with E-state index >= 15 is 0 Å². The second kappa shape index (κ2) is 7.12. The van der Waals surface area contributed by atoms with Crippen molar-refractivity contribution in [3.05, 3.63) is 64.7 Å². The van der Waals surface area contributed by atoms with Gasteiger partial charge in [-0.05, 0) is 30.7 Å². The fourth-order valence-corrected chi connectivity index (χ4v) is 3.60. The number of aryl methyl sites for hydroxylation is 1. The van der Waals surface area contributed by atoms with E-state index in [-0.39, 0.29) is 4.90 Å². The van der Waals surface area contributed by atoms with Gasteiger partial charge in [0.15, 0.2) is 0 Å². The quantitative estimate of drug-likeness (QED) is 0.835. The maximum Gasteiger partial charge on any atom is 0.305 e. The molecule has 1 atom stereocenters. The van der Waals surface area contributed by atoms with E-state index < -0.39 is 28.5 Å². The van der Waals surface area contributed by atoms with E-state index in [1.54, 1.807) is 36.4 Å². The van der Waals surface area contributed by atoms with Crippen LogP contribution in [0.15, 0.2) is 53.4 Å². The largest absolute Gasteiger partial charge is 0.481 e. The van der Waals surface area contributed by atoms with Gasteiger partial charge in [-0.25, -0.2) is 13.1 Å². The number of carboxylic acids is 1. The second-order valence-corrected chi connectivity index (χ2v) is 7.23. The average molecular weight is 354 g/mol. The first-order chi connectivity index (χ1) is 10.8. The van der Waals surface area contributed by atoms with E-state index in [0.717, 1.165) is 5.56 Å². The molecule has 0 spiro atoms. The molecule has 0 aliphatic carbocycles. The van der Waals surface area contributed by atoms with E-state index in [1.165, 1.54) is 12.1 Å². The Labute approximate surface area is 140 Å². The third kappa shape index (κ3) is 4.54. The molecule has 0 amide bonds. The molecule has 0 saturated heterocycles. The highest BCUT2D eigenvalue weighted by Gasteiger charge is 2.25. The third-order valence-corrected chi connectivity index (χ3v) is 5.12. The molecule has 5 nitrogen and oxygen atoms in total. The molecule has 0 heterocycles. The molecule has 0 aromatic heterocycles. The van der Waals surface area contributed by atoms with Crippen molar-refractivity contribution in [2.24, 2.45) is 0 Å². The first kappa shape index (κ1) is 17.5. The van der Waals surface area contributed by atoms with Crippen LogP contribution >= 0.6 is 11.6 Å². The van der Waals surface area contributed by atoms with Crippen LogP contribution in [0.25, 0.3) is 0 Å². The Bertz CT molecular complexity index is 803. The predicted octanol–water partition coefficient (Wildman–Crippen LogP) is 3.14. The van der Waals surface area contributed by atoms with Crippen molar-refractivity contribution >= 4 is 27.6 Å². The minimum atomic E-state index is -3.86. The van der Waals surface area contributed by atoms with Gasteiger partial charge < -0.3 is 5.11 Å². The SMILES string of the molecule is Cc1ccc(S(=O)(=O)N[C@H](CC(=O)O)c2ccccc2Cl)cc1. The van der Waals surface area contributed by atoms with Gasteiger partial charge in [0.2, 0.25) is 10.0 Å². The van der Waals surface area contributed by atoms with E-state index in [0.29, 0.717) is 10.6 Å². The Morgan fingerprint density at radius 2 is 1.78 bits per heavy atom. The van der Waals surface area contributed by atoms with Crippen molar-refractivity contribution in [3.63, 3.8) is 0 Å². The van der Waals surface area contributed by atoms with Crippen molar-refractivity contribution in [1.82, 2.24) is 4.72 Å². The molecule has 2 N–H and O–H groups in total. The molecule has 122 valence electrons. The van der Waals surface area contributed by atoms with Crippen LogP contribution in [0.4, 0.5) is 0 Å². The molecular formula is C16H16ClNO4S. The Morgan fingerprint density at radius 3 is 2.35 bits per heavy atom. The number of sulfonamides is 1. The monoisotopic (exact) mass is 353 g/mol. The van der Waals surface area contributed by atoms with Gasteiger partial charge in [0, 0.05) is 5.02 Å². The summed E-state index contributed by atoms with van der Waals surface area (Å²) in [4.78, 5) is 11.2. The molecule has 23 heavy (non-hydrogen) atoms. The molecule has 2 aromatic carbocycles. The summed E-state index contributed by atoms with van der Waals surface area (Å²) in [6.07, 6.45) is -0.408. The average Bonchev–Trinajstić information content (AvgIpc) is 2.46. The Morgan fingerprint density at radius 1 is 1.17 bits per heavy atom. The second-order valence-electron chi connectivity index (χ2n) is 5.11. The topological polar surface area (TPSA) is 83.5 Å². The highest BCUT2D eigenvalue weighted by atomic mass is 35.5. The van der Waals surface area contributed by atoms with E-state index in [2.05, 4.69) is 4.72 Å². The summed E-state index contributed by atoms with van der Waals surface area (Å²) in [6.45, 7) is 1.85. The molecule has 0 radical (unpaired) electrons. The first-order valence-electron chi connectivity index (χ1n) is 6.85. The maximum atomic E-state index is 12.5. The number of nitrogens with one attached hydrogen (secondary N) is 1. The molecular weight excluding hydrogens is 338 g/mol. The lowest BCUT2D eigenvalue weighted by molar-refractivity contribution is -0.137. The van der Waals surface area contributed by atoms with Gasteiger partial charge in [0.1, 0.15) is 0 Å². The summed E-state index contributed by atoms with van der Waals surface area (Å²) in [5, 5.41) is 9.37. The fraction of sp³-hybridized carbons (Fsp3) is 0.188. The van der Waals surface area contributed by atoms with Crippen molar-refractivity contribution in [2.75, 3.05) is 0 Å². The summed E-state index contributed by atoms with van der Waals surface area (Å²) in [5.41, 5.74) is 1.35. The van der Waals surface area contributed by atoms with Crippen molar-refractivity contribution in [2.45, 2.75) is 24.3 Å². The minimum absolute atomic E-state index is 0.0746. The molecule has 0 saturated carbocycles. The molecule has 0 unspecified atom stereocenters. The minimum Gasteiger partial charge on any atom is -0.481 e. The highest BCUT2D eigenvalue weighted by molar-refractivity contribution is 7.89. The zero-order valence-electron chi connectivity index (χ0n) is 12.4. The van der Waals surface area contributed by atoms with Crippen molar-refractivity contribution < 1.29 is 18.3 Å². The van der Waals surface area contributed by atoms with Gasteiger partial charge in [0.05, 0.1) is 17.4 Å². The number of hydrogen-bond acceptors (Lipinski definition) is 3. The number of rotatable bonds is 6. The van der Waals surface area contributed by atoms with Crippen LogP contribution in [0.3, 0.4) is 0 Å². The fourth-order valence-electron chi connectivity index (χ4n) is 2.12. The van der Waals surface area contributed by atoms with Crippen LogP contribution in [-0.4, -0.2) is 19.5 Å². The van der Waals surface area contributed by atoms with Gasteiger partial charge in [-0.3, -0.25) is 4.79 Å².